The maximum absolute atomic E-state index is 12.8. The molecule has 0 saturated heterocycles. The number of ether oxygens (including phenoxy) is 1. The topological polar surface area (TPSA) is 90.3 Å². The molecule has 28 heavy (non-hydrogen) atoms. The summed E-state index contributed by atoms with van der Waals surface area (Å²) >= 11 is 0. The molecule has 0 radical (unpaired) electrons. The second-order valence-corrected chi connectivity index (χ2v) is 7.81. The number of fused-ring (bicyclic) bond motifs is 1. The SMILES string of the molecule is CC(C)Cn1nc(C(=O)O[C@H](C)C(=O)NC2CCCC2)c2ccccc2c1=O. The molecular weight excluding hydrogens is 358 g/mol. The van der Waals surface area contributed by atoms with Gasteiger partial charge in [-0.2, -0.15) is 5.10 Å². The number of carbonyl (C=O) groups is 2. The van der Waals surface area contributed by atoms with E-state index in [1.165, 1.54) is 4.68 Å². The molecule has 1 aliphatic rings. The van der Waals surface area contributed by atoms with Gasteiger partial charge in [0.05, 0.1) is 5.39 Å². The number of esters is 1. The molecule has 7 nitrogen and oxygen atoms in total. The summed E-state index contributed by atoms with van der Waals surface area (Å²) in [6.07, 6.45) is 3.19. The third-order valence-corrected chi connectivity index (χ3v) is 4.95. The van der Waals surface area contributed by atoms with E-state index in [1.54, 1.807) is 31.2 Å². The molecule has 1 aliphatic carbocycles. The summed E-state index contributed by atoms with van der Waals surface area (Å²) in [7, 11) is 0. The minimum atomic E-state index is -0.931. The summed E-state index contributed by atoms with van der Waals surface area (Å²) in [5.41, 5.74) is -0.191. The summed E-state index contributed by atoms with van der Waals surface area (Å²) in [5.74, 6) is -0.825. The number of benzene rings is 1. The number of hydrogen-bond acceptors (Lipinski definition) is 5. The molecule has 1 aromatic carbocycles. The largest absolute Gasteiger partial charge is 0.448 e. The van der Waals surface area contributed by atoms with Crippen molar-refractivity contribution in [2.45, 2.75) is 65.1 Å². The smallest absolute Gasteiger partial charge is 0.360 e. The average Bonchev–Trinajstić information content (AvgIpc) is 3.16. The van der Waals surface area contributed by atoms with Gasteiger partial charge in [0.2, 0.25) is 0 Å². The Morgan fingerprint density at radius 1 is 1.18 bits per heavy atom. The van der Waals surface area contributed by atoms with Gasteiger partial charge in [-0.3, -0.25) is 9.59 Å². The monoisotopic (exact) mass is 385 g/mol. The Labute approximate surface area is 164 Å². The molecule has 0 spiro atoms. The van der Waals surface area contributed by atoms with Crippen molar-refractivity contribution < 1.29 is 14.3 Å². The number of aromatic nitrogens is 2. The van der Waals surface area contributed by atoms with E-state index in [4.69, 9.17) is 4.74 Å². The molecule has 3 rings (SSSR count). The zero-order chi connectivity index (χ0) is 20.3. The van der Waals surface area contributed by atoms with E-state index in [1.807, 2.05) is 13.8 Å². The lowest BCUT2D eigenvalue weighted by Crippen LogP contribution is -2.41. The van der Waals surface area contributed by atoms with Crippen LogP contribution in [0.1, 0.15) is 56.9 Å². The first-order valence-electron chi connectivity index (χ1n) is 9.88. The van der Waals surface area contributed by atoms with Gasteiger partial charge in [-0.05, 0) is 31.7 Å². The molecule has 7 heteroatoms. The van der Waals surface area contributed by atoms with E-state index in [-0.39, 0.29) is 29.1 Å². The summed E-state index contributed by atoms with van der Waals surface area (Å²) in [5, 5.41) is 8.02. The van der Waals surface area contributed by atoms with Crippen LogP contribution in [0.3, 0.4) is 0 Å². The van der Waals surface area contributed by atoms with Crippen LogP contribution in [-0.4, -0.2) is 33.8 Å². The molecule has 1 fully saturated rings. The van der Waals surface area contributed by atoms with Crippen LogP contribution in [0, 0.1) is 5.92 Å². The molecule has 150 valence electrons. The summed E-state index contributed by atoms with van der Waals surface area (Å²) in [6, 6.07) is 6.98. The Morgan fingerprint density at radius 2 is 1.82 bits per heavy atom. The van der Waals surface area contributed by atoms with Gasteiger partial charge in [-0.25, -0.2) is 9.48 Å². The highest BCUT2D eigenvalue weighted by atomic mass is 16.5. The van der Waals surface area contributed by atoms with Crippen LogP contribution < -0.4 is 10.9 Å². The molecule has 1 atom stereocenters. The van der Waals surface area contributed by atoms with E-state index in [0.717, 1.165) is 25.7 Å². The minimum Gasteiger partial charge on any atom is -0.448 e. The second-order valence-electron chi connectivity index (χ2n) is 7.81. The van der Waals surface area contributed by atoms with E-state index in [2.05, 4.69) is 10.4 Å². The van der Waals surface area contributed by atoms with Gasteiger partial charge in [0, 0.05) is 18.0 Å². The molecular formula is C21H27N3O4. The molecule has 0 aliphatic heterocycles. The lowest BCUT2D eigenvalue weighted by molar-refractivity contribution is -0.129. The Kier molecular flexibility index (Phi) is 6.11. The zero-order valence-electron chi connectivity index (χ0n) is 16.6. The molecule has 2 aromatic rings. The molecule has 1 saturated carbocycles. The molecule has 0 bridgehead atoms. The van der Waals surface area contributed by atoms with Crippen molar-refractivity contribution in [2.75, 3.05) is 0 Å². The number of carbonyl (C=O) groups excluding carboxylic acids is 2. The first kappa shape index (κ1) is 20.0. The number of hydrogen-bond donors (Lipinski definition) is 1. The number of nitrogens with one attached hydrogen (secondary N) is 1. The normalized spacial score (nSPS) is 15.7. The number of nitrogens with zero attached hydrogens (tertiary/aromatic N) is 2. The summed E-state index contributed by atoms with van der Waals surface area (Å²) in [4.78, 5) is 37.8. The number of rotatable bonds is 6. The van der Waals surface area contributed by atoms with Gasteiger partial charge in [-0.1, -0.05) is 44.9 Å². The lowest BCUT2D eigenvalue weighted by Gasteiger charge is -2.18. The fraction of sp³-hybridized carbons (Fsp3) is 0.524. The predicted molar refractivity (Wildman–Crippen MR) is 106 cm³/mol. The zero-order valence-corrected chi connectivity index (χ0v) is 16.6. The second kappa shape index (κ2) is 8.54. The number of amides is 1. The third kappa shape index (κ3) is 4.40. The van der Waals surface area contributed by atoms with Crippen molar-refractivity contribution >= 4 is 22.6 Å². The van der Waals surface area contributed by atoms with Crippen LogP contribution in [0.2, 0.25) is 0 Å². The van der Waals surface area contributed by atoms with Crippen molar-refractivity contribution in [3.05, 3.63) is 40.3 Å². The Balaban J connectivity index is 1.84. The van der Waals surface area contributed by atoms with Crippen molar-refractivity contribution in [3.63, 3.8) is 0 Å². The Bertz CT molecular complexity index is 929. The van der Waals surface area contributed by atoms with Crippen molar-refractivity contribution in [3.8, 4) is 0 Å². The van der Waals surface area contributed by atoms with Crippen LogP contribution >= 0.6 is 0 Å². The van der Waals surface area contributed by atoms with Crippen molar-refractivity contribution in [2.24, 2.45) is 5.92 Å². The molecule has 0 unspecified atom stereocenters. The molecule has 1 amide bonds. The quantitative estimate of drug-likeness (QED) is 0.772. The van der Waals surface area contributed by atoms with E-state index < -0.39 is 12.1 Å². The van der Waals surface area contributed by atoms with Crippen LogP contribution in [0.25, 0.3) is 10.8 Å². The average molecular weight is 385 g/mol. The fourth-order valence-electron chi connectivity index (χ4n) is 3.51. The van der Waals surface area contributed by atoms with Gasteiger partial charge in [0.15, 0.2) is 11.8 Å². The van der Waals surface area contributed by atoms with Gasteiger partial charge in [-0.15, -0.1) is 0 Å². The first-order chi connectivity index (χ1) is 13.4. The van der Waals surface area contributed by atoms with Gasteiger partial charge >= 0.3 is 5.97 Å². The van der Waals surface area contributed by atoms with Gasteiger partial charge in [0.1, 0.15) is 0 Å². The van der Waals surface area contributed by atoms with E-state index >= 15 is 0 Å². The van der Waals surface area contributed by atoms with E-state index in [9.17, 15) is 14.4 Å². The van der Waals surface area contributed by atoms with Gasteiger partial charge in [0.25, 0.3) is 11.5 Å². The summed E-state index contributed by atoms with van der Waals surface area (Å²) < 4.78 is 6.69. The Morgan fingerprint density at radius 3 is 2.46 bits per heavy atom. The van der Waals surface area contributed by atoms with Crippen LogP contribution in [0.15, 0.2) is 29.1 Å². The maximum Gasteiger partial charge on any atom is 0.360 e. The maximum atomic E-state index is 12.8. The minimum absolute atomic E-state index is 0.0522. The Hall–Kier alpha value is -2.70. The van der Waals surface area contributed by atoms with Crippen molar-refractivity contribution in [1.29, 1.82) is 0 Å². The van der Waals surface area contributed by atoms with E-state index in [0.29, 0.717) is 17.3 Å². The highest BCUT2D eigenvalue weighted by Gasteiger charge is 2.25. The first-order valence-corrected chi connectivity index (χ1v) is 9.88. The third-order valence-electron chi connectivity index (χ3n) is 4.95. The standard InChI is InChI=1S/C21H27N3O4/c1-13(2)12-24-20(26)17-11-7-6-10-16(17)18(23-24)21(27)28-14(3)19(25)22-15-8-4-5-9-15/h6-7,10-11,13-15H,4-5,8-9,12H2,1-3H3,(H,22,25)/t14-/m1/s1. The highest BCUT2D eigenvalue weighted by molar-refractivity contribution is 6.02. The highest BCUT2D eigenvalue weighted by Crippen LogP contribution is 2.18. The van der Waals surface area contributed by atoms with Crippen LogP contribution in [0.5, 0.6) is 0 Å². The molecule has 1 N–H and O–H groups in total. The van der Waals surface area contributed by atoms with Crippen molar-refractivity contribution in [1.82, 2.24) is 15.1 Å². The van der Waals surface area contributed by atoms with Crippen LogP contribution in [-0.2, 0) is 16.1 Å². The molecule has 1 heterocycles. The van der Waals surface area contributed by atoms with Gasteiger partial charge < -0.3 is 10.1 Å². The lowest BCUT2D eigenvalue weighted by atomic mass is 10.1. The molecule has 1 aromatic heterocycles. The fourth-order valence-corrected chi connectivity index (χ4v) is 3.51. The predicted octanol–water partition coefficient (Wildman–Crippen LogP) is 2.66. The summed E-state index contributed by atoms with van der Waals surface area (Å²) in [6.45, 7) is 5.88. The van der Waals surface area contributed by atoms with Crippen LogP contribution in [0.4, 0.5) is 0 Å².